The first-order chi connectivity index (χ1) is 10.1. The Labute approximate surface area is 129 Å². The Morgan fingerprint density at radius 3 is 2.18 bits per heavy atom. The Balaban J connectivity index is 3.09. The minimum absolute atomic E-state index is 0.148. The smallest absolute Gasteiger partial charge is 0.397 e. The predicted molar refractivity (Wildman–Crippen MR) is 73.1 cm³/mol. The number of carbonyl (C=O) groups is 1. The van der Waals surface area contributed by atoms with Crippen LogP contribution in [0.25, 0.3) is 0 Å². The molecule has 1 fully saturated rings. The fourth-order valence-electron chi connectivity index (χ4n) is 2.26. The van der Waals surface area contributed by atoms with E-state index in [0.29, 0.717) is 0 Å². The molecule has 1 aliphatic rings. The summed E-state index contributed by atoms with van der Waals surface area (Å²) in [7, 11) is -4.81. The molecule has 1 aliphatic heterocycles. The Bertz CT molecular complexity index is 461. The van der Waals surface area contributed by atoms with Gasteiger partial charge in [-0.25, -0.2) is 4.18 Å². The third-order valence-electron chi connectivity index (χ3n) is 3.07. The molecule has 0 aromatic carbocycles. The zero-order chi connectivity index (χ0) is 17.1. The first-order valence-corrected chi connectivity index (χ1v) is 8.17. The van der Waals surface area contributed by atoms with Gasteiger partial charge in [-0.1, -0.05) is 13.8 Å². The summed E-state index contributed by atoms with van der Waals surface area (Å²) in [5, 5.41) is 10.4. The van der Waals surface area contributed by atoms with E-state index in [1.54, 1.807) is 27.7 Å². The molecular formula is C12H22O9S. The standard InChI is InChI=1S/C12H22O9S/c1-6(2)9-10(21-22(15,16)17)8(14)11(19-7(3)4)12(20-9)18-5-13/h5-12,14H,1-4H3,(H,15,16,17)/t8?,9-,10-,11-,12?/m0/s1. The second-order valence-corrected chi connectivity index (χ2v) is 6.62. The van der Waals surface area contributed by atoms with Gasteiger partial charge in [-0.2, -0.15) is 8.42 Å². The van der Waals surface area contributed by atoms with E-state index in [0.717, 1.165) is 0 Å². The molecule has 0 aliphatic carbocycles. The molecule has 0 aromatic rings. The number of ether oxygens (including phenoxy) is 3. The van der Waals surface area contributed by atoms with Crippen molar-refractivity contribution in [2.75, 3.05) is 0 Å². The number of hydrogen-bond donors (Lipinski definition) is 2. The Kier molecular flexibility index (Phi) is 6.71. The van der Waals surface area contributed by atoms with Gasteiger partial charge in [0.2, 0.25) is 6.29 Å². The minimum atomic E-state index is -4.81. The summed E-state index contributed by atoms with van der Waals surface area (Å²) in [4.78, 5) is 10.6. The zero-order valence-corrected chi connectivity index (χ0v) is 13.6. The van der Waals surface area contributed by atoms with Crippen molar-refractivity contribution in [2.24, 2.45) is 5.92 Å². The van der Waals surface area contributed by atoms with Crippen LogP contribution in [0.1, 0.15) is 27.7 Å². The van der Waals surface area contributed by atoms with Gasteiger partial charge in [-0.15, -0.1) is 0 Å². The van der Waals surface area contributed by atoms with Crippen LogP contribution in [0.2, 0.25) is 0 Å². The number of carbonyl (C=O) groups excluding carboxylic acids is 1. The van der Waals surface area contributed by atoms with Gasteiger partial charge in [-0.05, 0) is 19.8 Å². The molecule has 0 radical (unpaired) electrons. The molecule has 130 valence electrons. The molecule has 0 saturated carbocycles. The number of rotatable bonds is 7. The molecule has 0 aromatic heterocycles. The van der Waals surface area contributed by atoms with E-state index in [9.17, 15) is 18.3 Å². The molecule has 0 amide bonds. The maximum absolute atomic E-state index is 11.0. The Hall–Kier alpha value is -0.780. The quantitative estimate of drug-likeness (QED) is 0.480. The summed E-state index contributed by atoms with van der Waals surface area (Å²) >= 11 is 0. The van der Waals surface area contributed by atoms with E-state index in [2.05, 4.69) is 4.18 Å². The number of aliphatic hydroxyl groups is 1. The van der Waals surface area contributed by atoms with E-state index in [1.165, 1.54) is 0 Å². The summed E-state index contributed by atoms with van der Waals surface area (Å²) in [6.07, 6.45) is -6.56. The van der Waals surface area contributed by atoms with Crippen molar-refractivity contribution in [2.45, 2.75) is 64.5 Å². The molecule has 5 atom stereocenters. The van der Waals surface area contributed by atoms with Gasteiger partial charge in [0.25, 0.3) is 6.47 Å². The van der Waals surface area contributed by atoms with Crippen LogP contribution < -0.4 is 0 Å². The van der Waals surface area contributed by atoms with Gasteiger partial charge in [-0.3, -0.25) is 9.35 Å². The van der Waals surface area contributed by atoms with Crippen LogP contribution in [0.3, 0.4) is 0 Å². The van der Waals surface area contributed by atoms with Crippen molar-refractivity contribution in [3.63, 3.8) is 0 Å². The molecule has 0 bridgehead atoms. The normalized spacial score (nSPS) is 33.2. The average Bonchev–Trinajstić information content (AvgIpc) is 2.35. The van der Waals surface area contributed by atoms with Crippen molar-refractivity contribution in [1.82, 2.24) is 0 Å². The molecule has 9 nitrogen and oxygen atoms in total. The van der Waals surface area contributed by atoms with E-state index in [-0.39, 0.29) is 18.5 Å². The highest BCUT2D eigenvalue weighted by atomic mass is 32.3. The summed E-state index contributed by atoms with van der Waals surface area (Å²) < 4.78 is 51.1. The lowest BCUT2D eigenvalue weighted by molar-refractivity contribution is -0.301. The lowest BCUT2D eigenvalue weighted by Crippen LogP contribution is -2.61. The van der Waals surface area contributed by atoms with E-state index < -0.39 is 41.1 Å². The maximum atomic E-state index is 11.0. The highest BCUT2D eigenvalue weighted by molar-refractivity contribution is 7.80. The summed E-state index contributed by atoms with van der Waals surface area (Å²) in [6.45, 7) is 6.89. The molecular weight excluding hydrogens is 320 g/mol. The molecule has 1 rings (SSSR count). The van der Waals surface area contributed by atoms with E-state index in [4.69, 9.17) is 18.8 Å². The molecule has 1 saturated heterocycles. The lowest BCUT2D eigenvalue weighted by atomic mass is 9.92. The third-order valence-corrected chi connectivity index (χ3v) is 3.53. The largest absolute Gasteiger partial charge is 0.435 e. The zero-order valence-electron chi connectivity index (χ0n) is 12.8. The topological polar surface area (TPSA) is 129 Å². The summed E-state index contributed by atoms with van der Waals surface area (Å²) in [6, 6.07) is 0. The van der Waals surface area contributed by atoms with Gasteiger partial charge in [0.15, 0.2) is 0 Å². The molecule has 10 heteroatoms. The van der Waals surface area contributed by atoms with Gasteiger partial charge in [0.05, 0.1) is 12.2 Å². The third kappa shape index (κ3) is 5.14. The molecule has 2 unspecified atom stereocenters. The maximum Gasteiger partial charge on any atom is 0.397 e. The molecule has 1 heterocycles. The van der Waals surface area contributed by atoms with Crippen molar-refractivity contribution in [3.8, 4) is 0 Å². The fraction of sp³-hybridized carbons (Fsp3) is 0.917. The van der Waals surface area contributed by atoms with Gasteiger partial charge < -0.3 is 19.3 Å². The van der Waals surface area contributed by atoms with Crippen molar-refractivity contribution < 1.29 is 41.3 Å². The Morgan fingerprint density at radius 1 is 1.18 bits per heavy atom. The van der Waals surface area contributed by atoms with Gasteiger partial charge in [0, 0.05) is 0 Å². The van der Waals surface area contributed by atoms with Crippen LogP contribution in [-0.2, 0) is 33.6 Å². The average molecular weight is 342 g/mol. The van der Waals surface area contributed by atoms with Gasteiger partial charge >= 0.3 is 10.4 Å². The van der Waals surface area contributed by atoms with Crippen molar-refractivity contribution in [1.29, 1.82) is 0 Å². The van der Waals surface area contributed by atoms with Crippen LogP contribution >= 0.6 is 0 Å². The van der Waals surface area contributed by atoms with E-state index in [1.807, 2.05) is 0 Å². The van der Waals surface area contributed by atoms with Crippen molar-refractivity contribution in [3.05, 3.63) is 0 Å². The monoisotopic (exact) mass is 342 g/mol. The number of hydrogen-bond acceptors (Lipinski definition) is 8. The highest BCUT2D eigenvalue weighted by Crippen LogP contribution is 2.31. The molecule has 22 heavy (non-hydrogen) atoms. The van der Waals surface area contributed by atoms with E-state index >= 15 is 0 Å². The molecule has 0 spiro atoms. The van der Waals surface area contributed by atoms with Crippen LogP contribution in [0.4, 0.5) is 0 Å². The van der Waals surface area contributed by atoms with Crippen molar-refractivity contribution >= 4 is 16.9 Å². The summed E-state index contributed by atoms with van der Waals surface area (Å²) in [5.74, 6) is -0.292. The van der Waals surface area contributed by atoms with Crippen LogP contribution in [0, 0.1) is 5.92 Å². The lowest BCUT2D eigenvalue weighted by Gasteiger charge is -2.44. The first-order valence-electron chi connectivity index (χ1n) is 6.80. The van der Waals surface area contributed by atoms with Crippen LogP contribution in [0.15, 0.2) is 0 Å². The second kappa shape index (κ2) is 7.66. The Morgan fingerprint density at radius 2 is 1.77 bits per heavy atom. The first kappa shape index (κ1) is 19.3. The fourth-order valence-corrected chi connectivity index (χ4v) is 2.77. The minimum Gasteiger partial charge on any atom is -0.435 e. The van der Waals surface area contributed by atoms with Crippen LogP contribution in [0.5, 0.6) is 0 Å². The summed E-state index contributed by atoms with van der Waals surface area (Å²) in [5.41, 5.74) is 0. The SMILES string of the molecule is CC(C)O[C@@H]1C(OC=O)O[C@@H](C(C)C)[C@@H](OS(=O)(=O)O)C1O. The van der Waals surface area contributed by atoms with Gasteiger partial charge in [0.1, 0.15) is 18.3 Å². The highest BCUT2D eigenvalue weighted by Gasteiger charge is 2.50. The predicted octanol–water partition coefficient (Wildman–Crippen LogP) is -0.117. The molecule has 2 N–H and O–H groups in total. The number of aliphatic hydroxyl groups excluding tert-OH is 1. The second-order valence-electron chi connectivity index (χ2n) is 5.57. The van der Waals surface area contributed by atoms with Crippen LogP contribution in [-0.4, -0.2) is 61.4 Å².